The Morgan fingerprint density at radius 1 is 0.896 bits per heavy atom. The van der Waals surface area contributed by atoms with Crippen molar-refractivity contribution in [2.45, 2.75) is 77.1 Å². The maximum absolute atomic E-state index is 13.7. The quantitative estimate of drug-likeness (QED) is 0.186. The largest absolute Gasteiger partial charge is 0.444 e. The smallest absolute Gasteiger partial charge is 0.408 e. The minimum atomic E-state index is -1.37. The van der Waals surface area contributed by atoms with Crippen LogP contribution in [0.4, 0.5) is 10.6 Å². The zero-order chi connectivity index (χ0) is 35.1. The van der Waals surface area contributed by atoms with Crippen LogP contribution < -0.4 is 16.0 Å². The Labute approximate surface area is 282 Å². The molecule has 48 heavy (non-hydrogen) atoms. The number of ether oxygens (including phenoxy) is 1. The van der Waals surface area contributed by atoms with Crippen molar-refractivity contribution < 1.29 is 23.9 Å². The van der Waals surface area contributed by atoms with Crippen molar-refractivity contribution >= 4 is 40.4 Å². The molecule has 254 valence electrons. The number of aryl methyl sites for hydroxylation is 1. The van der Waals surface area contributed by atoms with Crippen LogP contribution in [0, 0.1) is 0 Å². The van der Waals surface area contributed by atoms with Gasteiger partial charge in [-0.3, -0.25) is 14.4 Å². The Bertz CT molecular complexity index is 1740. The highest BCUT2D eigenvalue weighted by Gasteiger charge is 2.34. The van der Waals surface area contributed by atoms with Gasteiger partial charge in [-0.2, -0.15) is 0 Å². The fourth-order valence-electron chi connectivity index (χ4n) is 5.20. The first-order valence-corrected chi connectivity index (χ1v) is 16.0. The normalized spacial score (nSPS) is 12.9. The maximum atomic E-state index is 13.7. The molecule has 0 bridgehead atoms. The van der Waals surface area contributed by atoms with Gasteiger partial charge in [0.15, 0.2) is 5.82 Å². The predicted octanol–water partition coefficient (Wildman–Crippen LogP) is 5.46. The lowest BCUT2D eigenvalue weighted by atomic mass is 10.0. The summed E-state index contributed by atoms with van der Waals surface area (Å²) in [6.45, 7) is 8.28. The van der Waals surface area contributed by atoms with Gasteiger partial charge < -0.3 is 30.2 Å². The highest BCUT2D eigenvalue weighted by atomic mass is 16.6. The molecule has 4 rings (SSSR count). The highest BCUT2D eigenvalue weighted by Crippen LogP contribution is 2.26. The summed E-state index contributed by atoms with van der Waals surface area (Å²) >= 11 is 0. The lowest BCUT2D eigenvalue weighted by Crippen LogP contribution is -2.58. The zero-order valence-electron chi connectivity index (χ0n) is 28.7. The van der Waals surface area contributed by atoms with E-state index in [0.717, 1.165) is 21.9 Å². The molecule has 1 aromatic heterocycles. The Hall–Kier alpha value is -5.19. The van der Waals surface area contributed by atoms with E-state index in [1.165, 1.54) is 11.2 Å². The van der Waals surface area contributed by atoms with Crippen LogP contribution in [0.2, 0.25) is 0 Å². The lowest BCUT2D eigenvalue weighted by molar-refractivity contribution is -0.131. The SMILES string of the molecule is CN(C)C(=O)C(c1ccc2ccccc2c1)n1cnc(NC(=O)C(CCCc2ccccc2)NC(=O)C(C)(C)NC(=O)OC(C)(C)C)c1. The van der Waals surface area contributed by atoms with Crippen LogP contribution in [0.25, 0.3) is 10.8 Å². The fraction of sp³-hybridized carbons (Fsp3) is 0.378. The standard InChI is InChI=1S/C37H46N6O5/c1-36(2,3)48-35(47)41-37(4,5)34(46)39-29(19-13-16-25-14-9-8-10-15-25)32(44)40-30-23-43(24-38-30)31(33(45)42(6)7)28-21-20-26-17-11-12-18-27(26)22-28/h8-12,14-15,17-18,20-24,29,31H,13,16,19H2,1-7H3,(H,39,46)(H,40,44)(H,41,47). The molecule has 0 fully saturated rings. The summed E-state index contributed by atoms with van der Waals surface area (Å²) in [6, 6.07) is 22.0. The number of imidazole rings is 1. The van der Waals surface area contributed by atoms with E-state index in [2.05, 4.69) is 20.9 Å². The van der Waals surface area contributed by atoms with E-state index < -0.39 is 41.1 Å². The first-order valence-electron chi connectivity index (χ1n) is 16.0. The first-order chi connectivity index (χ1) is 22.6. The van der Waals surface area contributed by atoms with Gasteiger partial charge in [0.2, 0.25) is 17.7 Å². The molecule has 0 aliphatic rings. The molecule has 1 heterocycles. The van der Waals surface area contributed by atoms with E-state index in [4.69, 9.17) is 4.74 Å². The van der Waals surface area contributed by atoms with Crippen LogP contribution in [-0.2, 0) is 25.5 Å². The molecule has 4 amide bonds. The monoisotopic (exact) mass is 654 g/mol. The van der Waals surface area contributed by atoms with E-state index in [0.29, 0.717) is 19.3 Å². The van der Waals surface area contributed by atoms with Crippen LogP contribution in [0.3, 0.4) is 0 Å². The molecule has 3 aromatic carbocycles. The summed E-state index contributed by atoms with van der Waals surface area (Å²) in [5, 5.41) is 10.3. The van der Waals surface area contributed by atoms with Gasteiger partial charge >= 0.3 is 6.09 Å². The lowest BCUT2D eigenvalue weighted by Gasteiger charge is -2.29. The second-order valence-electron chi connectivity index (χ2n) is 13.6. The number of amides is 4. The van der Waals surface area contributed by atoms with Crippen LogP contribution >= 0.6 is 0 Å². The number of hydrogen-bond acceptors (Lipinski definition) is 6. The fourth-order valence-corrected chi connectivity index (χ4v) is 5.20. The van der Waals surface area contributed by atoms with Crippen LogP contribution in [0.5, 0.6) is 0 Å². The second kappa shape index (κ2) is 15.1. The first kappa shape index (κ1) is 35.7. The van der Waals surface area contributed by atoms with E-state index >= 15 is 0 Å². The van der Waals surface area contributed by atoms with E-state index in [-0.39, 0.29) is 11.7 Å². The second-order valence-corrected chi connectivity index (χ2v) is 13.6. The van der Waals surface area contributed by atoms with Gasteiger partial charge in [-0.05, 0) is 81.8 Å². The number of anilines is 1. The molecule has 0 aliphatic carbocycles. The van der Waals surface area contributed by atoms with Gasteiger partial charge in [-0.1, -0.05) is 66.7 Å². The summed E-state index contributed by atoms with van der Waals surface area (Å²) in [7, 11) is 3.38. The molecule has 0 aliphatic heterocycles. The molecule has 0 saturated heterocycles. The molecule has 2 unspecified atom stereocenters. The molecular formula is C37H46N6O5. The summed E-state index contributed by atoms with van der Waals surface area (Å²) < 4.78 is 6.99. The molecule has 11 heteroatoms. The number of rotatable bonds is 12. The van der Waals surface area contributed by atoms with Crippen molar-refractivity contribution in [2.24, 2.45) is 0 Å². The summed E-state index contributed by atoms with van der Waals surface area (Å²) in [6.07, 6.45) is 4.01. The number of benzene rings is 3. The van der Waals surface area contributed by atoms with Crippen molar-refractivity contribution in [2.75, 3.05) is 19.4 Å². The van der Waals surface area contributed by atoms with Crippen LogP contribution in [0.15, 0.2) is 85.3 Å². The number of carbonyl (C=O) groups excluding carboxylic acids is 4. The molecule has 0 saturated carbocycles. The average molecular weight is 655 g/mol. The predicted molar refractivity (Wildman–Crippen MR) is 186 cm³/mol. The molecule has 11 nitrogen and oxygen atoms in total. The Balaban J connectivity index is 1.53. The van der Waals surface area contributed by atoms with Crippen molar-refractivity contribution in [1.29, 1.82) is 0 Å². The topological polar surface area (TPSA) is 135 Å². The third-order valence-corrected chi connectivity index (χ3v) is 7.72. The Morgan fingerprint density at radius 3 is 2.23 bits per heavy atom. The maximum Gasteiger partial charge on any atom is 0.408 e. The molecule has 3 N–H and O–H groups in total. The van der Waals surface area contributed by atoms with E-state index in [9.17, 15) is 19.2 Å². The number of alkyl carbamates (subject to hydrolysis) is 1. The average Bonchev–Trinajstić information content (AvgIpc) is 3.47. The van der Waals surface area contributed by atoms with Gasteiger partial charge in [0, 0.05) is 20.3 Å². The summed E-state index contributed by atoms with van der Waals surface area (Å²) in [5.74, 6) is -0.959. The van der Waals surface area contributed by atoms with Gasteiger partial charge in [-0.25, -0.2) is 9.78 Å². The molecule has 0 spiro atoms. The van der Waals surface area contributed by atoms with Crippen molar-refractivity contribution in [3.8, 4) is 0 Å². The van der Waals surface area contributed by atoms with Gasteiger partial charge in [0.05, 0.1) is 6.33 Å². The van der Waals surface area contributed by atoms with Gasteiger partial charge in [0.1, 0.15) is 23.2 Å². The van der Waals surface area contributed by atoms with Crippen molar-refractivity contribution in [3.05, 3.63) is 96.4 Å². The number of nitrogens with one attached hydrogen (secondary N) is 3. The number of hydrogen-bond donors (Lipinski definition) is 3. The highest BCUT2D eigenvalue weighted by molar-refractivity contribution is 5.98. The number of nitrogens with zero attached hydrogens (tertiary/aromatic N) is 3. The van der Waals surface area contributed by atoms with Crippen LogP contribution in [-0.4, -0.2) is 69.5 Å². The number of aromatic nitrogens is 2. The molecule has 2 atom stereocenters. The van der Waals surface area contributed by atoms with Gasteiger partial charge in [-0.15, -0.1) is 0 Å². The van der Waals surface area contributed by atoms with E-state index in [1.807, 2.05) is 72.8 Å². The van der Waals surface area contributed by atoms with Crippen LogP contribution in [0.1, 0.15) is 64.6 Å². The summed E-state index contributed by atoms with van der Waals surface area (Å²) in [5.41, 5.74) is -0.237. The minimum Gasteiger partial charge on any atom is -0.444 e. The Morgan fingerprint density at radius 2 is 1.56 bits per heavy atom. The third-order valence-electron chi connectivity index (χ3n) is 7.72. The number of fused-ring (bicyclic) bond motifs is 1. The number of carbonyl (C=O) groups is 4. The zero-order valence-corrected chi connectivity index (χ0v) is 28.7. The third kappa shape index (κ3) is 9.66. The minimum absolute atomic E-state index is 0.161. The summed E-state index contributed by atoms with van der Waals surface area (Å²) in [4.78, 5) is 58.9. The molecule has 0 radical (unpaired) electrons. The molecular weight excluding hydrogens is 608 g/mol. The van der Waals surface area contributed by atoms with Crippen molar-refractivity contribution in [3.63, 3.8) is 0 Å². The Kier molecular flexibility index (Phi) is 11.3. The molecule has 4 aromatic rings. The van der Waals surface area contributed by atoms with Gasteiger partial charge in [0.25, 0.3) is 0 Å². The number of likely N-dealkylation sites (N-methyl/N-ethyl adjacent to an activating group) is 1. The van der Waals surface area contributed by atoms with E-state index in [1.54, 1.807) is 59.5 Å². The van der Waals surface area contributed by atoms with Crippen molar-refractivity contribution in [1.82, 2.24) is 25.1 Å².